The van der Waals surface area contributed by atoms with Crippen molar-refractivity contribution < 1.29 is 51.3 Å². The molecule has 1 saturated heterocycles. The van der Waals surface area contributed by atoms with Gasteiger partial charge in [-0.25, -0.2) is 18.3 Å². The summed E-state index contributed by atoms with van der Waals surface area (Å²) < 4.78 is 75.9. The van der Waals surface area contributed by atoms with E-state index in [2.05, 4.69) is 25.4 Å². The molecule has 6 rings (SSSR count). The highest BCUT2D eigenvalue weighted by Crippen LogP contribution is 2.74. The Labute approximate surface area is 267 Å². The second-order valence-corrected chi connectivity index (χ2v) is 13.4. The van der Waals surface area contributed by atoms with Crippen molar-refractivity contribution in [2.45, 2.75) is 94.5 Å². The number of esters is 1. The number of alkyl halides is 2. The predicted octanol–water partition coefficient (Wildman–Crippen LogP) is 3.89. The maximum absolute atomic E-state index is 16.7. The number of carbonyl (C=O) groups is 2. The maximum atomic E-state index is 16.7. The number of rotatable bonds is 13. The minimum atomic E-state index is -4.76. The summed E-state index contributed by atoms with van der Waals surface area (Å²) in [6.45, 7) is 4.20. The molecule has 3 aliphatic rings. The molecule has 3 fully saturated rings. The van der Waals surface area contributed by atoms with Crippen LogP contribution in [0.5, 0.6) is 11.6 Å². The molecule has 3 aromatic rings. The normalized spacial score (nSPS) is 30.6. The van der Waals surface area contributed by atoms with Crippen molar-refractivity contribution in [2.24, 2.45) is 0 Å². The van der Waals surface area contributed by atoms with Crippen LogP contribution < -0.4 is 19.7 Å². The number of benzene rings is 1. The van der Waals surface area contributed by atoms with Gasteiger partial charge in [0.2, 0.25) is 23.9 Å². The molecule has 2 aromatic heterocycles. The summed E-state index contributed by atoms with van der Waals surface area (Å²) in [6.07, 6.45) is 1.33. The molecule has 3 unspecified atom stereocenters. The van der Waals surface area contributed by atoms with Crippen molar-refractivity contribution >= 4 is 37.2 Å². The smallest absolute Gasteiger partial charge is 0.460 e. The highest BCUT2D eigenvalue weighted by molar-refractivity contribution is 7.52. The monoisotopic (exact) mass is 680 g/mol. The second-order valence-electron chi connectivity index (χ2n) is 11.8. The number of nitrogens with one attached hydrogen (secondary N) is 2. The molecule has 0 bridgehead atoms. The van der Waals surface area contributed by atoms with E-state index in [1.165, 1.54) is 19.1 Å². The molecule has 0 radical (unpaired) electrons. The van der Waals surface area contributed by atoms with E-state index in [9.17, 15) is 19.3 Å². The van der Waals surface area contributed by atoms with E-state index in [-0.39, 0.29) is 41.5 Å². The Kier molecular flexibility index (Phi) is 8.72. The summed E-state index contributed by atoms with van der Waals surface area (Å²) in [5.41, 5.74) is -5.98. The molecule has 7 atom stereocenters. The number of nitrogens with zero attached hydrogens (tertiary/aromatic N) is 4. The number of halogens is 2. The van der Waals surface area contributed by atoms with E-state index in [0.717, 1.165) is 37.1 Å². The lowest BCUT2D eigenvalue weighted by Gasteiger charge is -2.32. The number of hydrogen-bond donors (Lipinski definition) is 3. The molecule has 0 spiro atoms. The number of imidazole rings is 1. The zero-order valence-corrected chi connectivity index (χ0v) is 26.7. The zero-order valence-electron chi connectivity index (χ0n) is 25.8. The molecule has 1 aromatic carbocycles. The number of aliphatic hydroxyl groups is 1. The third-order valence-electron chi connectivity index (χ3n) is 8.48. The van der Waals surface area contributed by atoms with Crippen LogP contribution in [0.4, 0.5) is 14.7 Å². The summed E-state index contributed by atoms with van der Waals surface area (Å²) in [5, 5.41) is 16.3. The minimum absolute atomic E-state index is 0.0165. The third kappa shape index (κ3) is 5.73. The van der Waals surface area contributed by atoms with Crippen molar-refractivity contribution in [3.63, 3.8) is 0 Å². The van der Waals surface area contributed by atoms with Gasteiger partial charge in [0, 0.05) is 0 Å². The Morgan fingerprint density at radius 3 is 2.60 bits per heavy atom. The quantitative estimate of drug-likeness (QED) is 0.134. The summed E-state index contributed by atoms with van der Waals surface area (Å²) in [5.74, 6) is -4.29. The molecule has 254 valence electrons. The Hall–Kier alpha value is -3.76. The Bertz CT molecular complexity index is 1690. The Balaban J connectivity index is 1.26. The number of para-hydroxylation sites is 1. The first kappa shape index (κ1) is 33.2. The molecule has 1 aliphatic heterocycles. The number of fused-ring (bicyclic) bond motifs is 2. The molecule has 3 N–H and O–H groups in total. The first-order chi connectivity index (χ1) is 22.4. The van der Waals surface area contributed by atoms with Gasteiger partial charge in [-0.2, -0.15) is 15.1 Å². The first-order valence-electron chi connectivity index (χ1n) is 15.2. The highest BCUT2D eigenvalue weighted by atomic mass is 31.2. The Morgan fingerprint density at radius 2 is 1.96 bits per heavy atom. The van der Waals surface area contributed by atoms with Crippen LogP contribution in [0.1, 0.15) is 59.1 Å². The number of carbonyl (C=O) groups excluding carboxylic acids is 2. The number of amides is 1. The molecular formula is C29H35F2N6O9P. The number of hydrogen-bond acceptors (Lipinski definition) is 12. The largest absolute Gasteiger partial charge is 0.476 e. The molecule has 18 heteroatoms. The van der Waals surface area contributed by atoms with Gasteiger partial charge in [-0.05, 0) is 58.6 Å². The summed E-state index contributed by atoms with van der Waals surface area (Å²) >= 11 is 0. The van der Waals surface area contributed by atoms with Crippen LogP contribution in [0.2, 0.25) is 0 Å². The molecular weight excluding hydrogens is 645 g/mol. The van der Waals surface area contributed by atoms with Crippen LogP contribution in [0.25, 0.3) is 11.2 Å². The molecule has 47 heavy (non-hydrogen) atoms. The maximum Gasteiger partial charge on any atom is 0.460 e. The fourth-order valence-corrected chi connectivity index (χ4v) is 7.72. The van der Waals surface area contributed by atoms with E-state index in [1.54, 1.807) is 25.1 Å². The third-order valence-corrected chi connectivity index (χ3v) is 10.1. The topological polar surface area (TPSA) is 185 Å². The standard InChI is InChI=1S/C29H35F2N6O9P/c1-4-42-22-20-21(34-26(35-22)33-16-38)37(15-32-20)25-27(3,40)28(30)24(29(28,31)44-25)46-47(41,45-19-13-9-6-10-14-19)36-17(2)23(39)43-18-11-7-5-8-12-18/h6,9-10,13-18,24-25,40H,4-5,7-8,11-12H2,1-3H3,(H,36,41)(H,33,34,35,38)/t17?,24?,25-,27+,28-,29-,47?/m1/s1. The number of ether oxygens (including phenoxy) is 3. The van der Waals surface area contributed by atoms with Crippen LogP contribution >= 0.6 is 7.75 Å². The van der Waals surface area contributed by atoms with E-state index in [0.29, 0.717) is 19.3 Å². The summed E-state index contributed by atoms with van der Waals surface area (Å²) in [6, 6.07) is 6.42. The van der Waals surface area contributed by atoms with E-state index < -0.39 is 49.2 Å². The Morgan fingerprint density at radius 1 is 1.23 bits per heavy atom. The molecule has 15 nitrogen and oxygen atoms in total. The van der Waals surface area contributed by atoms with Crippen LogP contribution in [0, 0.1) is 0 Å². The van der Waals surface area contributed by atoms with E-state index in [4.69, 9.17) is 23.3 Å². The zero-order chi connectivity index (χ0) is 33.6. The van der Waals surface area contributed by atoms with E-state index >= 15 is 8.78 Å². The van der Waals surface area contributed by atoms with Gasteiger partial charge in [0.1, 0.15) is 23.5 Å². The van der Waals surface area contributed by atoms with Crippen molar-refractivity contribution in [3.05, 3.63) is 36.7 Å². The van der Waals surface area contributed by atoms with Gasteiger partial charge in [-0.3, -0.25) is 24.0 Å². The number of anilines is 1. The van der Waals surface area contributed by atoms with Gasteiger partial charge in [0.25, 0.3) is 5.85 Å². The molecule has 2 saturated carbocycles. The lowest BCUT2D eigenvalue weighted by Crippen LogP contribution is -2.46. The second kappa shape index (κ2) is 12.4. The highest BCUT2D eigenvalue weighted by Gasteiger charge is 2.97. The lowest BCUT2D eigenvalue weighted by molar-refractivity contribution is -0.174. The fraction of sp³-hybridized carbons (Fsp3) is 0.552. The summed E-state index contributed by atoms with van der Waals surface area (Å²) in [7, 11) is -4.76. The van der Waals surface area contributed by atoms with Crippen LogP contribution in [0.3, 0.4) is 0 Å². The van der Waals surface area contributed by atoms with Gasteiger partial charge in [-0.15, -0.1) is 0 Å². The molecule has 2 aliphatic carbocycles. The van der Waals surface area contributed by atoms with Crippen LogP contribution in [0.15, 0.2) is 36.7 Å². The van der Waals surface area contributed by atoms with Gasteiger partial charge in [0.05, 0.1) is 12.9 Å². The molecule has 3 heterocycles. The fourth-order valence-electron chi connectivity index (χ4n) is 6.03. The van der Waals surface area contributed by atoms with Gasteiger partial charge >= 0.3 is 13.7 Å². The predicted molar refractivity (Wildman–Crippen MR) is 160 cm³/mol. The van der Waals surface area contributed by atoms with E-state index in [1.807, 2.05) is 0 Å². The first-order valence-corrected chi connectivity index (χ1v) is 16.8. The van der Waals surface area contributed by atoms with Gasteiger partial charge in [-0.1, -0.05) is 24.6 Å². The lowest BCUT2D eigenvalue weighted by atomic mass is 9.96. The van der Waals surface area contributed by atoms with Crippen molar-refractivity contribution in [2.75, 3.05) is 11.9 Å². The van der Waals surface area contributed by atoms with Crippen LogP contribution in [-0.4, -0.2) is 79.0 Å². The molecule has 1 amide bonds. The van der Waals surface area contributed by atoms with Crippen LogP contribution in [-0.2, 0) is 28.2 Å². The average molecular weight is 681 g/mol. The SMILES string of the molecule is CCOc1nc(NC=O)nc2c1ncn2[C@@H]1O[C@]2(F)C(OP(=O)(NC(C)C(=O)OC3CCCCC3)Oc3ccccc3)[C@@]2(F)[C@@]1(C)O. The van der Waals surface area contributed by atoms with Crippen molar-refractivity contribution in [1.29, 1.82) is 0 Å². The van der Waals surface area contributed by atoms with Gasteiger partial charge in [0.15, 0.2) is 23.5 Å². The van der Waals surface area contributed by atoms with Crippen molar-refractivity contribution in [1.82, 2.24) is 24.6 Å². The minimum Gasteiger partial charge on any atom is -0.476 e. The van der Waals surface area contributed by atoms with Gasteiger partial charge < -0.3 is 23.8 Å². The van der Waals surface area contributed by atoms with Crippen molar-refractivity contribution in [3.8, 4) is 11.6 Å². The number of aromatic nitrogens is 4. The average Bonchev–Trinajstić information content (AvgIpc) is 3.27. The summed E-state index contributed by atoms with van der Waals surface area (Å²) in [4.78, 5) is 36.3.